The molecule has 0 aliphatic heterocycles. The van der Waals surface area contributed by atoms with Crippen LogP contribution < -0.4 is 11.3 Å². The van der Waals surface area contributed by atoms with E-state index in [9.17, 15) is 0 Å². The predicted molar refractivity (Wildman–Crippen MR) is 90.9 cm³/mol. The largest absolute Gasteiger partial charge is 0.271 e. The van der Waals surface area contributed by atoms with E-state index in [4.69, 9.17) is 5.84 Å². The van der Waals surface area contributed by atoms with Crippen molar-refractivity contribution in [2.75, 3.05) is 0 Å². The Hall–Kier alpha value is -0.930. The summed E-state index contributed by atoms with van der Waals surface area (Å²) in [6.07, 6.45) is 16.2. The van der Waals surface area contributed by atoms with Crippen molar-refractivity contribution in [3.05, 3.63) is 30.1 Å². The average Bonchev–Trinajstić information content (AvgIpc) is 2.53. The topological polar surface area (TPSA) is 50.9 Å². The van der Waals surface area contributed by atoms with E-state index < -0.39 is 0 Å². The summed E-state index contributed by atoms with van der Waals surface area (Å²) in [5, 5.41) is 0. The number of hydrazine groups is 1. The quantitative estimate of drug-likeness (QED) is 0.322. The molecule has 0 radical (unpaired) electrons. The first-order valence-corrected chi connectivity index (χ1v) is 8.72. The average molecular weight is 291 g/mol. The molecule has 1 unspecified atom stereocenters. The summed E-state index contributed by atoms with van der Waals surface area (Å²) in [6.45, 7) is 2.27. The van der Waals surface area contributed by atoms with E-state index in [1.807, 2.05) is 18.3 Å². The molecule has 0 bridgehead atoms. The minimum absolute atomic E-state index is 0.351. The number of rotatable bonds is 13. The summed E-state index contributed by atoms with van der Waals surface area (Å²) in [4.78, 5) is 4.36. The molecule has 0 aliphatic rings. The van der Waals surface area contributed by atoms with Crippen LogP contribution in [-0.2, 0) is 6.42 Å². The number of nitrogens with one attached hydrogen (secondary N) is 1. The minimum atomic E-state index is 0.351. The lowest BCUT2D eigenvalue weighted by Crippen LogP contribution is -2.36. The molecule has 0 fully saturated rings. The molecule has 3 nitrogen and oxygen atoms in total. The molecular weight excluding hydrogens is 258 g/mol. The molecule has 1 atom stereocenters. The first-order chi connectivity index (χ1) is 10.4. The summed E-state index contributed by atoms with van der Waals surface area (Å²) in [5.74, 6) is 5.65. The molecule has 1 heterocycles. The van der Waals surface area contributed by atoms with Crippen LogP contribution in [0, 0.1) is 0 Å². The lowest BCUT2D eigenvalue weighted by Gasteiger charge is -2.15. The molecule has 3 N–H and O–H groups in total. The molecule has 0 aromatic carbocycles. The van der Waals surface area contributed by atoms with E-state index in [2.05, 4.69) is 23.4 Å². The zero-order valence-corrected chi connectivity index (χ0v) is 13.7. The van der Waals surface area contributed by atoms with E-state index in [1.54, 1.807) is 0 Å². The number of aromatic nitrogens is 1. The van der Waals surface area contributed by atoms with E-state index in [-0.39, 0.29) is 0 Å². The van der Waals surface area contributed by atoms with Crippen molar-refractivity contribution >= 4 is 0 Å². The number of unbranched alkanes of at least 4 members (excludes halogenated alkanes) is 8. The highest BCUT2D eigenvalue weighted by Crippen LogP contribution is 2.12. The van der Waals surface area contributed by atoms with Gasteiger partial charge in [0, 0.05) is 24.4 Å². The van der Waals surface area contributed by atoms with E-state index >= 15 is 0 Å². The van der Waals surface area contributed by atoms with Crippen molar-refractivity contribution in [1.82, 2.24) is 10.4 Å². The van der Waals surface area contributed by atoms with Gasteiger partial charge in [0.25, 0.3) is 0 Å². The van der Waals surface area contributed by atoms with Gasteiger partial charge in [0.15, 0.2) is 0 Å². The summed E-state index contributed by atoms with van der Waals surface area (Å²) >= 11 is 0. The molecule has 0 spiro atoms. The standard InChI is InChI=1S/C18H33N3/c1-2-3-4-5-6-7-8-9-10-14-18(21-19)16-17-13-11-12-15-20-17/h11-13,15,18,21H,2-10,14,16,19H2,1H3. The lowest BCUT2D eigenvalue weighted by atomic mass is 10.0. The van der Waals surface area contributed by atoms with Crippen molar-refractivity contribution in [2.24, 2.45) is 5.84 Å². The molecule has 1 rings (SSSR count). The summed E-state index contributed by atoms with van der Waals surface area (Å²) in [6, 6.07) is 6.41. The van der Waals surface area contributed by atoms with Crippen LogP contribution in [0.15, 0.2) is 24.4 Å². The van der Waals surface area contributed by atoms with Crippen LogP contribution in [0.25, 0.3) is 0 Å². The van der Waals surface area contributed by atoms with Crippen molar-refractivity contribution < 1.29 is 0 Å². The van der Waals surface area contributed by atoms with Gasteiger partial charge in [-0.1, -0.05) is 70.8 Å². The van der Waals surface area contributed by atoms with Crippen LogP contribution >= 0.6 is 0 Å². The highest BCUT2D eigenvalue weighted by molar-refractivity contribution is 5.05. The van der Waals surface area contributed by atoms with Crippen LogP contribution in [0.4, 0.5) is 0 Å². The normalized spacial score (nSPS) is 12.5. The van der Waals surface area contributed by atoms with Gasteiger partial charge in [-0.15, -0.1) is 0 Å². The van der Waals surface area contributed by atoms with Gasteiger partial charge in [0.05, 0.1) is 0 Å². The van der Waals surface area contributed by atoms with E-state index in [0.29, 0.717) is 6.04 Å². The predicted octanol–water partition coefficient (Wildman–Crippen LogP) is 4.38. The van der Waals surface area contributed by atoms with Crippen LogP contribution in [0.1, 0.15) is 76.8 Å². The maximum absolute atomic E-state index is 5.65. The lowest BCUT2D eigenvalue weighted by molar-refractivity contribution is 0.455. The number of nitrogens with two attached hydrogens (primary N) is 1. The molecule has 120 valence electrons. The van der Waals surface area contributed by atoms with Crippen LogP contribution in [0.2, 0.25) is 0 Å². The van der Waals surface area contributed by atoms with Gasteiger partial charge < -0.3 is 0 Å². The summed E-state index contributed by atoms with van der Waals surface area (Å²) < 4.78 is 0. The Morgan fingerprint density at radius 1 is 1.00 bits per heavy atom. The van der Waals surface area contributed by atoms with Gasteiger partial charge in [-0.25, -0.2) is 0 Å². The van der Waals surface area contributed by atoms with Gasteiger partial charge in [0.2, 0.25) is 0 Å². The van der Waals surface area contributed by atoms with Gasteiger partial charge in [-0.2, -0.15) is 0 Å². The van der Waals surface area contributed by atoms with Gasteiger partial charge in [-0.3, -0.25) is 16.3 Å². The second-order valence-electron chi connectivity index (χ2n) is 6.01. The third kappa shape index (κ3) is 9.59. The third-order valence-corrected chi connectivity index (χ3v) is 4.07. The Bertz CT molecular complexity index is 326. The van der Waals surface area contributed by atoms with Crippen molar-refractivity contribution in [2.45, 2.75) is 83.6 Å². The fourth-order valence-corrected chi connectivity index (χ4v) is 2.72. The SMILES string of the molecule is CCCCCCCCCCCC(Cc1ccccn1)NN. The zero-order chi connectivity index (χ0) is 15.2. The molecular formula is C18H33N3. The molecule has 21 heavy (non-hydrogen) atoms. The third-order valence-electron chi connectivity index (χ3n) is 4.07. The molecule has 1 aromatic rings. The number of hydrogen-bond donors (Lipinski definition) is 2. The Labute approximate surface area is 130 Å². The smallest absolute Gasteiger partial charge is 0.0419 e. The number of hydrogen-bond acceptors (Lipinski definition) is 3. The molecule has 1 aromatic heterocycles. The van der Waals surface area contributed by atoms with Crippen molar-refractivity contribution in [1.29, 1.82) is 0 Å². The maximum Gasteiger partial charge on any atom is 0.0419 e. The second-order valence-corrected chi connectivity index (χ2v) is 6.01. The highest BCUT2D eigenvalue weighted by Gasteiger charge is 2.07. The molecule has 0 saturated carbocycles. The minimum Gasteiger partial charge on any atom is -0.271 e. The molecule has 0 amide bonds. The Kier molecular flexibility index (Phi) is 11.0. The van der Waals surface area contributed by atoms with Gasteiger partial charge >= 0.3 is 0 Å². The first kappa shape index (κ1) is 18.1. The Balaban J connectivity index is 2.00. The molecule has 0 saturated heterocycles. The Morgan fingerprint density at radius 2 is 1.67 bits per heavy atom. The van der Waals surface area contributed by atoms with Crippen LogP contribution in [0.3, 0.4) is 0 Å². The van der Waals surface area contributed by atoms with Crippen LogP contribution in [0.5, 0.6) is 0 Å². The molecule has 3 heteroatoms. The second kappa shape index (κ2) is 12.8. The first-order valence-electron chi connectivity index (χ1n) is 8.72. The maximum atomic E-state index is 5.65. The fourth-order valence-electron chi connectivity index (χ4n) is 2.72. The fraction of sp³-hybridized carbons (Fsp3) is 0.722. The van der Waals surface area contributed by atoms with Crippen molar-refractivity contribution in [3.8, 4) is 0 Å². The van der Waals surface area contributed by atoms with Crippen LogP contribution in [-0.4, -0.2) is 11.0 Å². The Morgan fingerprint density at radius 3 is 2.24 bits per heavy atom. The summed E-state index contributed by atoms with van der Waals surface area (Å²) in [5.41, 5.74) is 4.06. The number of pyridine rings is 1. The van der Waals surface area contributed by atoms with E-state index in [1.165, 1.54) is 57.8 Å². The number of nitrogens with zero attached hydrogens (tertiary/aromatic N) is 1. The van der Waals surface area contributed by atoms with Crippen molar-refractivity contribution in [3.63, 3.8) is 0 Å². The highest BCUT2D eigenvalue weighted by atomic mass is 15.2. The van der Waals surface area contributed by atoms with E-state index in [0.717, 1.165) is 18.5 Å². The van der Waals surface area contributed by atoms with Gasteiger partial charge in [0.1, 0.15) is 0 Å². The zero-order valence-electron chi connectivity index (χ0n) is 13.7. The monoisotopic (exact) mass is 291 g/mol. The molecule has 0 aliphatic carbocycles. The van der Waals surface area contributed by atoms with Gasteiger partial charge in [-0.05, 0) is 18.6 Å². The summed E-state index contributed by atoms with van der Waals surface area (Å²) in [7, 11) is 0.